The van der Waals surface area contributed by atoms with Crippen molar-refractivity contribution < 1.29 is 33.0 Å². The van der Waals surface area contributed by atoms with E-state index in [1.165, 1.54) is 17.0 Å². The Balaban J connectivity index is 1.67. The molecule has 2 fully saturated rings. The normalized spacial score (nSPS) is 23.2. The van der Waals surface area contributed by atoms with Crippen molar-refractivity contribution >= 4 is 27.8 Å². The summed E-state index contributed by atoms with van der Waals surface area (Å²) in [4.78, 5) is 40.7. The molecule has 2 aliphatic heterocycles. The summed E-state index contributed by atoms with van der Waals surface area (Å²) in [6.07, 6.45) is 0.439. The van der Waals surface area contributed by atoms with Gasteiger partial charge in [-0.25, -0.2) is 13.2 Å². The van der Waals surface area contributed by atoms with Crippen molar-refractivity contribution in [1.29, 1.82) is 0 Å². The van der Waals surface area contributed by atoms with Crippen molar-refractivity contribution in [3.05, 3.63) is 29.8 Å². The minimum atomic E-state index is -3.91. The molecule has 11 heteroatoms. The second-order valence-corrected chi connectivity index (χ2v) is 11.3. The van der Waals surface area contributed by atoms with Gasteiger partial charge in [-0.3, -0.25) is 9.59 Å². The summed E-state index contributed by atoms with van der Waals surface area (Å²) in [7, 11) is -3.91. The number of amides is 2. The summed E-state index contributed by atoms with van der Waals surface area (Å²) in [5, 5.41) is 19.2. The van der Waals surface area contributed by atoms with Crippen LogP contribution >= 0.6 is 0 Å². The Morgan fingerprint density at radius 1 is 1.14 bits per heavy atom. The van der Waals surface area contributed by atoms with Gasteiger partial charge in [0.2, 0.25) is 21.8 Å². The van der Waals surface area contributed by atoms with E-state index in [1.54, 1.807) is 17.0 Å². The summed E-state index contributed by atoms with van der Waals surface area (Å²) in [5.41, 5.74) is 0.925. The van der Waals surface area contributed by atoms with Crippen LogP contribution in [0, 0.1) is 18.8 Å². The van der Waals surface area contributed by atoms with Gasteiger partial charge in [-0.15, -0.1) is 0 Å². The van der Waals surface area contributed by atoms with E-state index in [2.05, 4.69) is 4.72 Å². The highest BCUT2D eigenvalue weighted by atomic mass is 32.2. The highest BCUT2D eigenvalue weighted by Gasteiger charge is 2.42. The van der Waals surface area contributed by atoms with Crippen molar-refractivity contribution in [2.75, 3.05) is 19.6 Å². The average Bonchev–Trinajstić information content (AvgIpc) is 3.23. The molecule has 3 N–H and O–H groups in total. The summed E-state index contributed by atoms with van der Waals surface area (Å²) in [6, 6.07) is 4.43. The van der Waals surface area contributed by atoms with Crippen molar-refractivity contribution in [2.24, 2.45) is 11.8 Å². The molecule has 2 heterocycles. The van der Waals surface area contributed by atoms with E-state index < -0.39 is 40.1 Å². The van der Waals surface area contributed by atoms with Gasteiger partial charge in [-0.05, 0) is 37.8 Å². The van der Waals surface area contributed by atoms with Gasteiger partial charge < -0.3 is 20.0 Å². The maximum atomic E-state index is 13.4. The fraction of sp³-hybridized carbons (Fsp3) is 0.625. The van der Waals surface area contributed by atoms with E-state index in [-0.39, 0.29) is 48.7 Å². The van der Waals surface area contributed by atoms with Gasteiger partial charge in [0.1, 0.15) is 12.1 Å². The second-order valence-electron chi connectivity index (χ2n) is 9.63. The smallest absolute Gasteiger partial charge is 0.326 e. The number of hydrogen-bond acceptors (Lipinski definition) is 6. The summed E-state index contributed by atoms with van der Waals surface area (Å²) >= 11 is 0. The van der Waals surface area contributed by atoms with E-state index in [0.29, 0.717) is 19.3 Å². The minimum Gasteiger partial charge on any atom is -0.480 e. The Labute approximate surface area is 206 Å². The number of sulfonamides is 1. The Morgan fingerprint density at radius 3 is 2.29 bits per heavy atom. The maximum Gasteiger partial charge on any atom is 0.326 e. The lowest BCUT2D eigenvalue weighted by atomic mass is 9.93. The van der Waals surface area contributed by atoms with Crippen LogP contribution in [-0.2, 0) is 24.4 Å². The number of carboxylic acid groups (broad SMARTS) is 1. The zero-order valence-corrected chi connectivity index (χ0v) is 21.2. The van der Waals surface area contributed by atoms with Crippen LogP contribution in [0.2, 0.25) is 0 Å². The molecule has 0 aromatic heterocycles. The predicted molar refractivity (Wildman–Crippen MR) is 128 cm³/mol. The molecule has 2 amide bonds. The van der Waals surface area contributed by atoms with Gasteiger partial charge in [-0.2, -0.15) is 4.72 Å². The van der Waals surface area contributed by atoms with Gasteiger partial charge >= 0.3 is 5.97 Å². The third-order valence-corrected chi connectivity index (χ3v) is 8.55. The van der Waals surface area contributed by atoms with E-state index in [9.17, 15) is 33.0 Å². The molecule has 0 aliphatic carbocycles. The first-order chi connectivity index (χ1) is 16.4. The standard InChI is InChI=1S/C24H35N3O7S/c1-4-16(3)21(25-35(33,34)19-7-5-15(2)6-8-19)23(30)26-11-9-17(10-12-26)22(29)27-14-18(28)13-20(27)24(31)32/h5-8,16-18,20-21,25,28H,4,9-14H2,1-3H3,(H,31,32). The number of nitrogens with zero attached hydrogens (tertiary/aromatic N) is 2. The molecular weight excluding hydrogens is 474 g/mol. The minimum absolute atomic E-state index is 0.00811. The highest BCUT2D eigenvalue weighted by Crippen LogP contribution is 2.27. The lowest BCUT2D eigenvalue weighted by Crippen LogP contribution is -2.54. The fourth-order valence-electron chi connectivity index (χ4n) is 4.67. The maximum absolute atomic E-state index is 13.4. The molecule has 1 aromatic rings. The first-order valence-electron chi connectivity index (χ1n) is 12.0. The zero-order valence-electron chi connectivity index (χ0n) is 20.4. The molecule has 1 aromatic carbocycles. The van der Waals surface area contributed by atoms with Crippen LogP contribution in [0.5, 0.6) is 0 Å². The predicted octanol–water partition coefficient (Wildman–Crippen LogP) is 0.973. The molecule has 0 spiro atoms. The number of aliphatic hydroxyl groups is 1. The number of rotatable bonds is 8. The molecule has 4 atom stereocenters. The third kappa shape index (κ3) is 6.20. The van der Waals surface area contributed by atoms with E-state index >= 15 is 0 Å². The number of hydrogen-bond donors (Lipinski definition) is 3. The molecule has 35 heavy (non-hydrogen) atoms. The number of carboxylic acids is 1. The number of aliphatic hydroxyl groups excluding tert-OH is 1. The average molecular weight is 510 g/mol. The lowest BCUT2D eigenvalue weighted by molar-refractivity contribution is -0.151. The number of likely N-dealkylation sites (tertiary alicyclic amines) is 2. The Morgan fingerprint density at radius 2 is 1.74 bits per heavy atom. The first kappa shape index (κ1) is 27.1. The number of nitrogens with one attached hydrogen (secondary N) is 1. The second kappa shape index (κ2) is 11.0. The van der Waals surface area contributed by atoms with Gasteiger partial charge in [0.15, 0.2) is 0 Å². The number of β-amino-alcohol motifs (C(OH)–C–C–N with tert-alkyl or cyclic N) is 1. The first-order valence-corrected chi connectivity index (χ1v) is 13.5. The van der Waals surface area contributed by atoms with Crippen molar-refractivity contribution in [3.8, 4) is 0 Å². The van der Waals surface area contributed by atoms with Crippen LogP contribution in [0.25, 0.3) is 0 Å². The van der Waals surface area contributed by atoms with E-state index in [1.807, 2.05) is 20.8 Å². The van der Waals surface area contributed by atoms with Gasteiger partial charge in [0.05, 0.1) is 11.0 Å². The SMILES string of the molecule is CCC(C)C(NS(=O)(=O)c1ccc(C)cc1)C(=O)N1CCC(C(=O)N2CC(O)CC2C(=O)O)CC1. The van der Waals surface area contributed by atoms with E-state index in [0.717, 1.165) is 5.56 Å². The summed E-state index contributed by atoms with van der Waals surface area (Å²) in [6.45, 7) is 6.09. The quantitative estimate of drug-likeness (QED) is 0.474. The zero-order chi connectivity index (χ0) is 25.9. The number of carbonyl (C=O) groups is 3. The Bertz CT molecular complexity index is 1040. The Hall–Kier alpha value is -2.50. The van der Waals surface area contributed by atoms with Crippen molar-refractivity contribution in [1.82, 2.24) is 14.5 Å². The van der Waals surface area contributed by atoms with Gasteiger partial charge in [0.25, 0.3) is 0 Å². The van der Waals surface area contributed by atoms with Crippen LogP contribution in [0.3, 0.4) is 0 Å². The molecular formula is C24H35N3O7S. The molecule has 2 aliphatic rings. The van der Waals surface area contributed by atoms with Crippen LogP contribution in [-0.4, -0.2) is 84.0 Å². The fourth-order valence-corrected chi connectivity index (χ4v) is 5.97. The Kier molecular flexibility index (Phi) is 8.55. The van der Waals surface area contributed by atoms with Crippen molar-refractivity contribution in [3.63, 3.8) is 0 Å². The van der Waals surface area contributed by atoms with Crippen LogP contribution in [0.1, 0.15) is 45.1 Å². The molecule has 3 rings (SSSR count). The molecule has 0 saturated carbocycles. The van der Waals surface area contributed by atoms with Gasteiger partial charge in [0, 0.05) is 32.0 Å². The van der Waals surface area contributed by atoms with Crippen LogP contribution < -0.4 is 4.72 Å². The molecule has 0 radical (unpaired) electrons. The number of carbonyl (C=O) groups excluding carboxylic acids is 2. The van der Waals surface area contributed by atoms with Crippen LogP contribution in [0.15, 0.2) is 29.2 Å². The molecule has 10 nitrogen and oxygen atoms in total. The van der Waals surface area contributed by atoms with Gasteiger partial charge in [-0.1, -0.05) is 38.0 Å². The monoisotopic (exact) mass is 509 g/mol. The molecule has 4 unspecified atom stereocenters. The van der Waals surface area contributed by atoms with Crippen molar-refractivity contribution in [2.45, 2.75) is 69.5 Å². The van der Waals surface area contributed by atoms with Crippen LogP contribution in [0.4, 0.5) is 0 Å². The summed E-state index contributed by atoms with van der Waals surface area (Å²) < 4.78 is 28.5. The number of benzene rings is 1. The highest BCUT2D eigenvalue weighted by molar-refractivity contribution is 7.89. The number of aryl methyl sites for hydroxylation is 1. The lowest BCUT2D eigenvalue weighted by Gasteiger charge is -2.36. The molecule has 0 bridgehead atoms. The number of piperidine rings is 1. The number of aliphatic carboxylic acids is 1. The topological polar surface area (TPSA) is 144 Å². The third-order valence-electron chi connectivity index (χ3n) is 7.10. The molecule has 2 saturated heterocycles. The summed E-state index contributed by atoms with van der Waals surface area (Å²) in [5.74, 6) is -2.48. The molecule has 194 valence electrons. The largest absolute Gasteiger partial charge is 0.480 e. The van der Waals surface area contributed by atoms with E-state index in [4.69, 9.17) is 0 Å².